The van der Waals surface area contributed by atoms with E-state index in [1.165, 1.54) is 10.6 Å². The number of fused-ring (bicyclic) bond motifs is 1. The van der Waals surface area contributed by atoms with Crippen LogP contribution in [0.3, 0.4) is 0 Å². The molecule has 0 bridgehead atoms. The van der Waals surface area contributed by atoms with Gasteiger partial charge in [0.1, 0.15) is 5.75 Å². The summed E-state index contributed by atoms with van der Waals surface area (Å²) < 4.78 is 9.70. The van der Waals surface area contributed by atoms with Crippen molar-refractivity contribution in [3.63, 3.8) is 0 Å². The Hall–Kier alpha value is -3.58. The Kier molecular flexibility index (Phi) is 5.29. The molecule has 0 unspecified atom stereocenters. The number of nitrogens with zero attached hydrogens (tertiary/aromatic N) is 4. The number of ether oxygens (including phenoxy) is 1. The van der Waals surface area contributed by atoms with Crippen LogP contribution in [0.1, 0.15) is 5.56 Å². The van der Waals surface area contributed by atoms with Gasteiger partial charge in [0.05, 0.1) is 25.7 Å². The summed E-state index contributed by atoms with van der Waals surface area (Å²) in [7, 11) is 1.60. The molecule has 0 aliphatic rings. The van der Waals surface area contributed by atoms with E-state index in [9.17, 15) is 9.59 Å². The zero-order chi connectivity index (χ0) is 21.3. The fourth-order valence-electron chi connectivity index (χ4n) is 3.43. The molecule has 0 saturated heterocycles. The number of aromatic nitrogens is 4. The van der Waals surface area contributed by atoms with E-state index in [1.807, 2.05) is 24.3 Å². The fraction of sp³-hybridized carbons (Fsp3) is 0.136. The Labute approximate surface area is 177 Å². The number of halogens is 1. The van der Waals surface area contributed by atoms with Crippen molar-refractivity contribution in [2.45, 2.75) is 13.1 Å². The first-order chi connectivity index (χ1) is 14.5. The van der Waals surface area contributed by atoms with E-state index >= 15 is 0 Å². The van der Waals surface area contributed by atoms with Gasteiger partial charge < -0.3 is 9.30 Å². The average Bonchev–Trinajstić information content (AvgIpc) is 3.16. The van der Waals surface area contributed by atoms with Crippen molar-refractivity contribution >= 4 is 22.8 Å². The lowest BCUT2D eigenvalue weighted by Gasteiger charge is -2.13. The molecular weight excluding hydrogens is 404 g/mol. The van der Waals surface area contributed by atoms with Gasteiger partial charge in [-0.15, -0.1) is 6.58 Å². The van der Waals surface area contributed by atoms with E-state index in [1.54, 1.807) is 42.3 Å². The van der Waals surface area contributed by atoms with Gasteiger partial charge >= 0.3 is 5.69 Å². The number of hydrogen-bond donors (Lipinski definition) is 0. The van der Waals surface area contributed by atoms with Crippen molar-refractivity contribution in [2.75, 3.05) is 7.11 Å². The molecule has 4 aromatic rings. The van der Waals surface area contributed by atoms with Crippen LogP contribution in [0.15, 0.2) is 77.1 Å². The number of benzene rings is 2. The van der Waals surface area contributed by atoms with E-state index in [2.05, 4.69) is 11.6 Å². The summed E-state index contributed by atoms with van der Waals surface area (Å²) in [5, 5.41) is 0.546. The van der Waals surface area contributed by atoms with E-state index in [0.29, 0.717) is 28.5 Å². The van der Waals surface area contributed by atoms with Crippen LogP contribution in [0.2, 0.25) is 5.02 Å². The summed E-state index contributed by atoms with van der Waals surface area (Å²) in [6.07, 6.45) is 3.07. The Morgan fingerprint density at radius 2 is 1.87 bits per heavy atom. The van der Waals surface area contributed by atoms with Crippen LogP contribution in [0.5, 0.6) is 5.75 Å². The molecule has 2 aromatic heterocycles. The molecule has 4 rings (SSSR count). The highest BCUT2D eigenvalue weighted by atomic mass is 35.5. The predicted octanol–water partition coefficient (Wildman–Crippen LogP) is 3.25. The maximum atomic E-state index is 13.2. The highest BCUT2D eigenvalue weighted by molar-refractivity contribution is 6.30. The minimum Gasteiger partial charge on any atom is -0.496 e. The molecule has 0 aliphatic carbocycles. The van der Waals surface area contributed by atoms with Crippen molar-refractivity contribution in [3.8, 4) is 11.4 Å². The van der Waals surface area contributed by atoms with Crippen molar-refractivity contribution < 1.29 is 4.74 Å². The summed E-state index contributed by atoms with van der Waals surface area (Å²) in [4.78, 5) is 30.7. The van der Waals surface area contributed by atoms with Gasteiger partial charge in [0.2, 0.25) is 0 Å². The van der Waals surface area contributed by atoms with Gasteiger partial charge in [-0.1, -0.05) is 35.9 Å². The van der Waals surface area contributed by atoms with Crippen LogP contribution in [0.25, 0.3) is 16.9 Å². The summed E-state index contributed by atoms with van der Waals surface area (Å²) in [5.74, 6) is 0.705. The van der Waals surface area contributed by atoms with Gasteiger partial charge in [-0.25, -0.2) is 14.3 Å². The summed E-state index contributed by atoms with van der Waals surface area (Å²) in [6.45, 7) is 4.12. The van der Waals surface area contributed by atoms with Crippen LogP contribution in [0.4, 0.5) is 0 Å². The fourth-order valence-corrected chi connectivity index (χ4v) is 3.56. The van der Waals surface area contributed by atoms with Gasteiger partial charge in [0, 0.05) is 17.1 Å². The third-order valence-corrected chi connectivity index (χ3v) is 5.08. The lowest BCUT2D eigenvalue weighted by atomic mass is 10.2. The first-order valence-corrected chi connectivity index (χ1v) is 9.62. The van der Waals surface area contributed by atoms with E-state index in [0.717, 1.165) is 10.1 Å². The summed E-state index contributed by atoms with van der Waals surface area (Å²) >= 11 is 6.00. The number of rotatable bonds is 6. The molecule has 0 atom stereocenters. The third-order valence-electron chi connectivity index (χ3n) is 4.83. The molecule has 0 amide bonds. The summed E-state index contributed by atoms with van der Waals surface area (Å²) in [6, 6.07) is 14.3. The standard InChI is InChI=1S/C22H19ClN4O3/c1-3-12-26-21(28)19-20(27(22(26)29)17-10-8-16(23)9-11-17)24-14-25(19)13-15-6-4-5-7-18(15)30-2/h3-11,14H,1,12-13H2,2H3. The second kappa shape index (κ2) is 8.04. The van der Waals surface area contributed by atoms with E-state index < -0.39 is 11.2 Å². The number of methoxy groups -OCH3 is 1. The van der Waals surface area contributed by atoms with Crippen molar-refractivity contribution in [3.05, 3.63) is 98.9 Å². The first-order valence-electron chi connectivity index (χ1n) is 9.24. The molecule has 2 heterocycles. The molecule has 30 heavy (non-hydrogen) atoms. The van der Waals surface area contributed by atoms with Gasteiger partial charge in [-0.3, -0.25) is 9.36 Å². The number of allylic oxidation sites excluding steroid dienone is 1. The minimum absolute atomic E-state index is 0.0844. The molecule has 2 aromatic carbocycles. The van der Waals surface area contributed by atoms with Gasteiger partial charge in [-0.05, 0) is 30.3 Å². The molecule has 0 aliphatic heterocycles. The smallest absolute Gasteiger partial charge is 0.337 e. The normalized spacial score (nSPS) is 11.0. The molecule has 0 spiro atoms. The number of imidazole rings is 1. The summed E-state index contributed by atoms with van der Waals surface area (Å²) in [5.41, 5.74) is 1.14. The minimum atomic E-state index is -0.489. The lowest BCUT2D eigenvalue weighted by molar-refractivity contribution is 0.408. The Balaban J connectivity index is 1.99. The Bertz CT molecular complexity index is 1350. The predicted molar refractivity (Wildman–Crippen MR) is 117 cm³/mol. The topological polar surface area (TPSA) is 71.0 Å². The molecule has 0 saturated carbocycles. The van der Waals surface area contributed by atoms with Gasteiger partial charge in [0.15, 0.2) is 11.2 Å². The van der Waals surface area contributed by atoms with Crippen molar-refractivity contribution in [1.29, 1.82) is 0 Å². The molecule has 0 N–H and O–H groups in total. The van der Waals surface area contributed by atoms with Crippen LogP contribution < -0.4 is 16.0 Å². The highest BCUT2D eigenvalue weighted by Gasteiger charge is 2.19. The molecule has 7 nitrogen and oxygen atoms in total. The Morgan fingerprint density at radius 3 is 2.57 bits per heavy atom. The zero-order valence-corrected chi connectivity index (χ0v) is 17.0. The molecule has 0 radical (unpaired) electrons. The number of hydrogen-bond acceptors (Lipinski definition) is 4. The quantitative estimate of drug-likeness (QED) is 0.447. The third kappa shape index (κ3) is 3.33. The zero-order valence-electron chi connectivity index (χ0n) is 16.3. The van der Waals surface area contributed by atoms with Crippen molar-refractivity contribution in [2.24, 2.45) is 0 Å². The second-order valence-electron chi connectivity index (χ2n) is 6.66. The largest absolute Gasteiger partial charge is 0.496 e. The first kappa shape index (κ1) is 19.7. The highest BCUT2D eigenvalue weighted by Crippen LogP contribution is 2.21. The maximum absolute atomic E-state index is 13.2. The molecule has 8 heteroatoms. The molecular formula is C22H19ClN4O3. The van der Waals surface area contributed by atoms with Crippen LogP contribution in [-0.2, 0) is 13.1 Å². The van der Waals surface area contributed by atoms with E-state index in [4.69, 9.17) is 16.3 Å². The SMILES string of the molecule is C=CCn1c(=O)c2c(ncn2Cc2ccccc2OC)n(-c2ccc(Cl)cc2)c1=O. The van der Waals surface area contributed by atoms with Gasteiger partial charge in [-0.2, -0.15) is 0 Å². The Morgan fingerprint density at radius 1 is 1.13 bits per heavy atom. The van der Waals surface area contributed by atoms with Crippen LogP contribution in [-0.4, -0.2) is 25.8 Å². The van der Waals surface area contributed by atoms with Crippen LogP contribution in [0, 0.1) is 0 Å². The van der Waals surface area contributed by atoms with E-state index in [-0.39, 0.29) is 12.2 Å². The lowest BCUT2D eigenvalue weighted by Crippen LogP contribution is -2.39. The monoisotopic (exact) mass is 422 g/mol. The maximum Gasteiger partial charge on any atom is 0.337 e. The molecule has 152 valence electrons. The second-order valence-corrected chi connectivity index (χ2v) is 7.09. The molecule has 0 fully saturated rings. The van der Waals surface area contributed by atoms with Crippen LogP contribution >= 0.6 is 11.6 Å². The number of para-hydroxylation sites is 1. The van der Waals surface area contributed by atoms with Crippen molar-refractivity contribution in [1.82, 2.24) is 18.7 Å². The van der Waals surface area contributed by atoms with Gasteiger partial charge in [0.25, 0.3) is 5.56 Å². The average molecular weight is 423 g/mol.